The summed E-state index contributed by atoms with van der Waals surface area (Å²) in [6, 6.07) is 0. The van der Waals surface area contributed by atoms with E-state index >= 15 is 0 Å². The number of ketones is 4. The van der Waals surface area contributed by atoms with E-state index in [9.17, 15) is 28.8 Å². The van der Waals surface area contributed by atoms with Gasteiger partial charge in [0.1, 0.15) is 54.4 Å². The van der Waals surface area contributed by atoms with Crippen molar-refractivity contribution in [2.45, 2.75) is 176 Å². The Bertz CT molecular complexity index is 1650. The summed E-state index contributed by atoms with van der Waals surface area (Å²) in [7, 11) is 0. The van der Waals surface area contributed by atoms with Crippen molar-refractivity contribution in [3.8, 4) is 5.88 Å². The molecule has 1 aliphatic heterocycles. The van der Waals surface area contributed by atoms with Gasteiger partial charge < -0.3 is 43.0 Å². The number of carbonyl (C=O) groups excluding carboxylic acids is 6. The van der Waals surface area contributed by atoms with E-state index in [1.54, 1.807) is 69.2 Å². The normalized spacial score (nSPS) is 17.3. The molecule has 348 valence electrons. The SMILES string of the molecule is CCC(C)(O[C@@H](C)C(=O)C(C)(CC)OCC(=O)O[C@H](COc1nsnc1N1CCOCC1)CN(C(=O)COC(CC)(CC)C(=O)[C@H](C)OC(C)(C)C(C)=O)C(C)(C)C)C(C)=O. The minimum absolute atomic E-state index is 0.164. The third kappa shape index (κ3) is 14.6. The summed E-state index contributed by atoms with van der Waals surface area (Å²) in [6.45, 7) is 25.4. The Morgan fingerprint density at radius 2 is 1.33 bits per heavy atom. The third-order valence-corrected chi connectivity index (χ3v) is 12.1. The van der Waals surface area contributed by atoms with Crippen LogP contribution in [0.3, 0.4) is 0 Å². The molecule has 0 aromatic carbocycles. The molecule has 5 atom stereocenters. The summed E-state index contributed by atoms with van der Waals surface area (Å²) >= 11 is 0.964. The predicted molar refractivity (Wildman–Crippen MR) is 229 cm³/mol. The summed E-state index contributed by atoms with van der Waals surface area (Å²) < 4.78 is 50.3. The Labute approximate surface area is 366 Å². The molecule has 2 heterocycles. The van der Waals surface area contributed by atoms with Crippen LogP contribution in [0.2, 0.25) is 0 Å². The zero-order valence-electron chi connectivity index (χ0n) is 39.2. The number of Topliss-reactive ketones (excluding diaryl/α,β-unsaturated/α-hetero) is 4. The van der Waals surface area contributed by atoms with Gasteiger partial charge in [-0.1, -0.05) is 27.7 Å². The van der Waals surface area contributed by atoms with Gasteiger partial charge in [0, 0.05) is 18.6 Å². The number of ether oxygens (including phenoxy) is 7. The first-order valence-corrected chi connectivity index (χ1v) is 22.0. The lowest BCUT2D eigenvalue weighted by atomic mass is 9.88. The van der Waals surface area contributed by atoms with Crippen molar-refractivity contribution in [3.05, 3.63) is 0 Å². The zero-order chi connectivity index (χ0) is 46.6. The Morgan fingerprint density at radius 1 is 0.754 bits per heavy atom. The fourth-order valence-electron chi connectivity index (χ4n) is 6.66. The highest BCUT2D eigenvalue weighted by molar-refractivity contribution is 6.99. The van der Waals surface area contributed by atoms with Crippen molar-refractivity contribution in [2.75, 3.05) is 57.6 Å². The summed E-state index contributed by atoms with van der Waals surface area (Å²) in [4.78, 5) is 83.3. The molecule has 1 fully saturated rings. The van der Waals surface area contributed by atoms with Gasteiger partial charge in [0.15, 0.2) is 29.2 Å². The molecule has 0 aliphatic carbocycles. The van der Waals surface area contributed by atoms with Gasteiger partial charge in [-0.2, -0.15) is 4.37 Å². The maximum Gasteiger partial charge on any atom is 0.332 e. The maximum atomic E-state index is 14.2. The number of amides is 1. The Kier molecular flexibility index (Phi) is 20.1. The predicted octanol–water partition coefficient (Wildman–Crippen LogP) is 5.13. The van der Waals surface area contributed by atoms with Crippen molar-refractivity contribution in [2.24, 2.45) is 0 Å². The molecule has 0 N–H and O–H groups in total. The van der Waals surface area contributed by atoms with E-state index in [0.29, 0.717) is 38.5 Å². The number of morpholine rings is 1. The molecule has 0 spiro atoms. The fraction of sp³-hybridized carbons (Fsp3) is 0.814. The Balaban J connectivity index is 2.38. The second kappa shape index (κ2) is 22.8. The van der Waals surface area contributed by atoms with Crippen molar-refractivity contribution in [1.29, 1.82) is 0 Å². The van der Waals surface area contributed by atoms with E-state index in [-0.39, 0.29) is 49.9 Å². The number of rotatable bonds is 27. The average Bonchev–Trinajstić information content (AvgIpc) is 3.69. The zero-order valence-corrected chi connectivity index (χ0v) is 40.0. The number of hydrogen-bond donors (Lipinski definition) is 0. The van der Waals surface area contributed by atoms with Crippen LogP contribution in [0.5, 0.6) is 5.88 Å². The largest absolute Gasteiger partial charge is 0.470 e. The monoisotopic (exact) mass is 884 g/mol. The lowest BCUT2D eigenvalue weighted by Gasteiger charge is -2.39. The maximum absolute atomic E-state index is 14.2. The lowest BCUT2D eigenvalue weighted by molar-refractivity contribution is -0.178. The first kappa shape index (κ1) is 53.7. The molecular weight excluding hydrogens is 813 g/mol. The van der Waals surface area contributed by atoms with Gasteiger partial charge in [0.2, 0.25) is 11.7 Å². The molecule has 2 rings (SSSR count). The molecule has 0 radical (unpaired) electrons. The van der Waals surface area contributed by atoms with Crippen molar-refractivity contribution in [1.82, 2.24) is 13.6 Å². The smallest absolute Gasteiger partial charge is 0.332 e. The molecule has 1 aromatic heterocycles. The number of esters is 1. The highest BCUT2D eigenvalue weighted by atomic mass is 32.1. The fourth-order valence-corrected chi connectivity index (χ4v) is 7.18. The molecule has 1 aromatic rings. The van der Waals surface area contributed by atoms with Gasteiger partial charge in [0.25, 0.3) is 5.88 Å². The quantitative estimate of drug-likeness (QED) is 0.105. The van der Waals surface area contributed by atoms with Crippen LogP contribution in [0.25, 0.3) is 0 Å². The molecular formula is C43H72N4O13S. The number of nitrogens with zero attached hydrogens (tertiary/aromatic N) is 4. The van der Waals surface area contributed by atoms with Crippen molar-refractivity contribution in [3.63, 3.8) is 0 Å². The van der Waals surface area contributed by atoms with Gasteiger partial charge in [0.05, 0.1) is 31.5 Å². The van der Waals surface area contributed by atoms with Crippen molar-refractivity contribution >= 4 is 52.6 Å². The van der Waals surface area contributed by atoms with Gasteiger partial charge in [-0.15, -0.1) is 4.37 Å². The van der Waals surface area contributed by atoms with Crippen LogP contribution < -0.4 is 9.64 Å². The van der Waals surface area contributed by atoms with E-state index in [0.717, 1.165) is 11.7 Å². The summed E-state index contributed by atoms with van der Waals surface area (Å²) in [5.41, 5.74) is -6.07. The first-order chi connectivity index (χ1) is 28.3. The Hall–Kier alpha value is -3.42. The highest BCUT2D eigenvalue weighted by Crippen LogP contribution is 2.30. The summed E-state index contributed by atoms with van der Waals surface area (Å²) in [5, 5.41) is 0. The summed E-state index contributed by atoms with van der Waals surface area (Å²) in [5.74, 6) is -1.89. The third-order valence-electron chi connectivity index (χ3n) is 11.6. The summed E-state index contributed by atoms with van der Waals surface area (Å²) in [6.07, 6.45) is -2.09. The van der Waals surface area contributed by atoms with Gasteiger partial charge in [-0.3, -0.25) is 24.0 Å². The molecule has 1 saturated heterocycles. The second-order valence-electron chi connectivity index (χ2n) is 17.4. The van der Waals surface area contributed by atoms with Crippen LogP contribution in [0.4, 0.5) is 5.82 Å². The topological polar surface area (TPSA) is 199 Å². The lowest BCUT2D eigenvalue weighted by Crippen LogP contribution is -2.54. The molecule has 0 bridgehead atoms. The van der Waals surface area contributed by atoms with Gasteiger partial charge in [-0.25, -0.2) is 4.79 Å². The molecule has 0 saturated carbocycles. The average molecular weight is 885 g/mol. The highest BCUT2D eigenvalue weighted by Gasteiger charge is 2.44. The van der Waals surface area contributed by atoms with E-state index in [1.165, 1.54) is 18.7 Å². The Morgan fingerprint density at radius 3 is 1.84 bits per heavy atom. The molecule has 1 aliphatic rings. The number of hydrogen-bond acceptors (Lipinski definition) is 17. The standard InChI is InChI=1S/C43H72N4O13S/c1-16-41(14,31(8)49)60-28(5)35(52)42(15,17-2)56-27-34(51)58-32(25-55-38-37(44-61-45-38)46-20-22-54-23-21-46)24-47(39(9,10)11)33(50)26-57-43(18-3,19-4)36(53)29(6)59-40(12,13)30(7)48/h28-29,32H,16-27H2,1-15H3/t28-,29-,32-,41?,42?/m0/s1. The molecule has 1 amide bonds. The van der Waals surface area contributed by atoms with Crippen LogP contribution in [0.15, 0.2) is 0 Å². The molecule has 2 unspecified atom stereocenters. The molecule has 18 heteroatoms. The van der Waals surface area contributed by atoms with Crippen molar-refractivity contribution < 1.29 is 61.9 Å². The van der Waals surface area contributed by atoms with Crippen LogP contribution in [-0.2, 0) is 57.2 Å². The van der Waals surface area contributed by atoms with E-state index < -0.39 is 82.9 Å². The number of carbonyl (C=O) groups is 6. The van der Waals surface area contributed by atoms with Crippen LogP contribution in [-0.4, -0.2) is 148 Å². The van der Waals surface area contributed by atoms with E-state index in [2.05, 4.69) is 8.75 Å². The molecule has 61 heavy (non-hydrogen) atoms. The van der Waals surface area contributed by atoms with Crippen LogP contribution in [0.1, 0.15) is 130 Å². The van der Waals surface area contributed by atoms with Gasteiger partial charge in [-0.05, 0) is 102 Å². The van der Waals surface area contributed by atoms with Crippen LogP contribution >= 0.6 is 11.7 Å². The second-order valence-corrected chi connectivity index (χ2v) is 17.9. The van der Waals surface area contributed by atoms with Gasteiger partial charge >= 0.3 is 5.97 Å². The van der Waals surface area contributed by atoms with E-state index in [1.807, 2.05) is 25.7 Å². The molecule has 17 nitrogen and oxygen atoms in total. The number of anilines is 1. The number of aromatic nitrogens is 2. The van der Waals surface area contributed by atoms with E-state index in [4.69, 9.17) is 33.2 Å². The minimum Gasteiger partial charge on any atom is -0.470 e. The first-order valence-electron chi connectivity index (χ1n) is 21.3. The van der Waals surface area contributed by atoms with Crippen LogP contribution in [0, 0.1) is 0 Å². The minimum atomic E-state index is -1.47.